The van der Waals surface area contributed by atoms with E-state index in [4.69, 9.17) is 11.5 Å². The number of hydrogen-bond acceptors (Lipinski definition) is 4. The van der Waals surface area contributed by atoms with Crippen molar-refractivity contribution < 1.29 is 9.59 Å². The molecule has 0 spiro atoms. The maximum absolute atomic E-state index is 11.2. The SMILES string of the molecule is NC(=O)c1sccc1Cc1ccsc1C(N)=O. The van der Waals surface area contributed by atoms with Crippen LogP contribution in [0.15, 0.2) is 22.9 Å². The molecule has 0 bridgehead atoms. The van der Waals surface area contributed by atoms with Crippen LogP contribution >= 0.6 is 22.7 Å². The number of thiophene rings is 2. The summed E-state index contributed by atoms with van der Waals surface area (Å²) >= 11 is 2.61. The quantitative estimate of drug-likeness (QED) is 0.880. The van der Waals surface area contributed by atoms with Crippen LogP contribution in [0.2, 0.25) is 0 Å². The van der Waals surface area contributed by atoms with E-state index in [2.05, 4.69) is 0 Å². The van der Waals surface area contributed by atoms with Crippen LogP contribution in [-0.2, 0) is 6.42 Å². The minimum absolute atomic E-state index is 0.439. The topological polar surface area (TPSA) is 86.2 Å². The fraction of sp³-hybridized carbons (Fsp3) is 0.0909. The molecule has 2 rings (SSSR count). The van der Waals surface area contributed by atoms with Gasteiger partial charge in [0.15, 0.2) is 0 Å². The molecule has 2 aromatic heterocycles. The lowest BCUT2D eigenvalue weighted by atomic mass is 10.1. The standard InChI is InChI=1S/C11H10N2O2S2/c12-10(14)8-6(1-3-16-8)5-7-2-4-17-9(7)11(13)15/h1-4H,5H2,(H2,12,14)(H2,13,15). The molecule has 2 heterocycles. The van der Waals surface area contributed by atoms with Crippen molar-refractivity contribution in [1.29, 1.82) is 0 Å². The summed E-state index contributed by atoms with van der Waals surface area (Å²) in [5.41, 5.74) is 12.2. The molecule has 2 amide bonds. The van der Waals surface area contributed by atoms with Gasteiger partial charge in [0.25, 0.3) is 11.8 Å². The number of carbonyl (C=O) groups excluding carboxylic acids is 2. The van der Waals surface area contributed by atoms with Gasteiger partial charge >= 0.3 is 0 Å². The van der Waals surface area contributed by atoms with Gasteiger partial charge in [-0.15, -0.1) is 22.7 Å². The smallest absolute Gasteiger partial charge is 0.259 e. The molecule has 0 radical (unpaired) electrons. The van der Waals surface area contributed by atoms with Crippen LogP contribution in [0.1, 0.15) is 30.5 Å². The van der Waals surface area contributed by atoms with Crippen LogP contribution in [0, 0.1) is 0 Å². The highest BCUT2D eigenvalue weighted by atomic mass is 32.1. The van der Waals surface area contributed by atoms with Crippen molar-refractivity contribution >= 4 is 34.5 Å². The molecule has 4 nitrogen and oxygen atoms in total. The highest BCUT2D eigenvalue weighted by molar-refractivity contribution is 7.12. The molecular weight excluding hydrogens is 256 g/mol. The van der Waals surface area contributed by atoms with E-state index < -0.39 is 11.8 Å². The van der Waals surface area contributed by atoms with Crippen molar-refractivity contribution in [3.8, 4) is 0 Å². The predicted octanol–water partition coefficient (Wildman–Crippen LogP) is 1.60. The normalized spacial score (nSPS) is 10.4. The summed E-state index contributed by atoms with van der Waals surface area (Å²) in [6, 6.07) is 3.68. The summed E-state index contributed by atoms with van der Waals surface area (Å²) in [5.74, 6) is -0.878. The molecule has 0 saturated carbocycles. The van der Waals surface area contributed by atoms with Crippen LogP contribution < -0.4 is 11.5 Å². The maximum atomic E-state index is 11.2. The van der Waals surface area contributed by atoms with E-state index in [-0.39, 0.29) is 0 Å². The Morgan fingerprint density at radius 2 is 1.35 bits per heavy atom. The molecule has 4 N–H and O–H groups in total. The first kappa shape index (κ1) is 11.8. The van der Waals surface area contributed by atoms with Crippen LogP contribution in [-0.4, -0.2) is 11.8 Å². The van der Waals surface area contributed by atoms with Crippen LogP contribution in [0.25, 0.3) is 0 Å². The predicted molar refractivity (Wildman–Crippen MR) is 68.5 cm³/mol. The molecule has 6 heteroatoms. The Balaban J connectivity index is 2.32. The second-order valence-corrected chi connectivity index (χ2v) is 5.29. The number of nitrogens with two attached hydrogens (primary N) is 2. The van der Waals surface area contributed by atoms with Gasteiger partial charge in [0.05, 0.1) is 9.75 Å². The molecule has 0 saturated heterocycles. The average Bonchev–Trinajstić information content (AvgIpc) is 2.86. The monoisotopic (exact) mass is 266 g/mol. The number of primary amides is 2. The summed E-state index contributed by atoms with van der Waals surface area (Å²) in [4.78, 5) is 23.4. The summed E-state index contributed by atoms with van der Waals surface area (Å²) in [5, 5.41) is 3.62. The lowest BCUT2D eigenvalue weighted by Gasteiger charge is -2.01. The average molecular weight is 266 g/mol. The van der Waals surface area contributed by atoms with Crippen molar-refractivity contribution in [2.24, 2.45) is 11.5 Å². The van der Waals surface area contributed by atoms with Gasteiger partial charge < -0.3 is 11.5 Å². The van der Waals surface area contributed by atoms with Crippen molar-refractivity contribution in [3.63, 3.8) is 0 Å². The molecule has 0 aromatic carbocycles. The zero-order chi connectivity index (χ0) is 12.4. The highest BCUT2D eigenvalue weighted by Crippen LogP contribution is 2.24. The van der Waals surface area contributed by atoms with Gasteiger partial charge in [0.1, 0.15) is 0 Å². The Morgan fingerprint density at radius 3 is 1.71 bits per heavy atom. The van der Waals surface area contributed by atoms with Crippen molar-refractivity contribution in [1.82, 2.24) is 0 Å². The van der Waals surface area contributed by atoms with Gasteiger partial charge in [-0.1, -0.05) is 0 Å². The Labute approximate surface area is 106 Å². The number of rotatable bonds is 4. The molecule has 0 fully saturated rings. The Morgan fingerprint density at radius 1 is 0.941 bits per heavy atom. The van der Waals surface area contributed by atoms with Gasteiger partial charge in [-0.25, -0.2) is 0 Å². The van der Waals surface area contributed by atoms with E-state index in [1.165, 1.54) is 22.7 Å². The summed E-state index contributed by atoms with van der Waals surface area (Å²) in [6.07, 6.45) is 0.504. The minimum atomic E-state index is -0.439. The number of hydrogen-bond donors (Lipinski definition) is 2. The largest absolute Gasteiger partial charge is 0.365 e. The van der Waals surface area contributed by atoms with Gasteiger partial charge in [0, 0.05) is 6.42 Å². The van der Waals surface area contributed by atoms with E-state index in [1.807, 2.05) is 22.9 Å². The second-order valence-electron chi connectivity index (χ2n) is 3.46. The molecular formula is C11H10N2O2S2. The number of carbonyl (C=O) groups is 2. The van der Waals surface area contributed by atoms with Gasteiger partial charge in [-0.2, -0.15) is 0 Å². The lowest BCUT2D eigenvalue weighted by molar-refractivity contribution is 0.0996. The molecule has 2 aromatic rings. The molecule has 88 valence electrons. The van der Waals surface area contributed by atoms with Crippen molar-refractivity contribution in [3.05, 3.63) is 43.8 Å². The van der Waals surface area contributed by atoms with E-state index in [9.17, 15) is 9.59 Å². The Bertz CT molecular complexity index is 521. The van der Waals surface area contributed by atoms with Crippen LogP contribution in [0.5, 0.6) is 0 Å². The second kappa shape index (κ2) is 4.68. The molecule has 0 aliphatic rings. The zero-order valence-corrected chi connectivity index (χ0v) is 10.4. The van der Waals surface area contributed by atoms with Gasteiger partial charge in [-0.3, -0.25) is 9.59 Å². The van der Waals surface area contributed by atoms with Crippen molar-refractivity contribution in [2.75, 3.05) is 0 Å². The summed E-state index contributed by atoms with van der Waals surface area (Å²) < 4.78 is 0. The van der Waals surface area contributed by atoms with Crippen molar-refractivity contribution in [2.45, 2.75) is 6.42 Å². The molecule has 0 atom stereocenters. The summed E-state index contributed by atoms with van der Waals surface area (Å²) in [6.45, 7) is 0. The van der Waals surface area contributed by atoms with Crippen LogP contribution in [0.3, 0.4) is 0 Å². The van der Waals surface area contributed by atoms with E-state index >= 15 is 0 Å². The zero-order valence-electron chi connectivity index (χ0n) is 8.80. The first-order chi connectivity index (χ1) is 8.09. The minimum Gasteiger partial charge on any atom is -0.365 e. The van der Waals surface area contributed by atoms with E-state index in [1.54, 1.807) is 0 Å². The van der Waals surface area contributed by atoms with Crippen LogP contribution in [0.4, 0.5) is 0 Å². The third kappa shape index (κ3) is 2.37. The molecule has 17 heavy (non-hydrogen) atoms. The first-order valence-corrected chi connectivity index (χ1v) is 6.58. The third-order valence-corrected chi connectivity index (χ3v) is 4.26. The Hall–Kier alpha value is -1.66. The lowest BCUT2D eigenvalue weighted by Crippen LogP contribution is -2.13. The fourth-order valence-electron chi connectivity index (χ4n) is 1.59. The third-order valence-electron chi connectivity index (χ3n) is 2.32. The van der Waals surface area contributed by atoms with E-state index in [0.717, 1.165) is 11.1 Å². The highest BCUT2D eigenvalue weighted by Gasteiger charge is 2.14. The van der Waals surface area contributed by atoms with Gasteiger partial charge in [0.2, 0.25) is 0 Å². The molecule has 0 aliphatic carbocycles. The van der Waals surface area contributed by atoms with Gasteiger partial charge in [-0.05, 0) is 34.0 Å². The maximum Gasteiger partial charge on any atom is 0.259 e. The Kier molecular flexibility index (Phi) is 3.26. The first-order valence-electron chi connectivity index (χ1n) is 4.82. The van der Waals surface area contributed by atoms with E-state index in [0.29, 0.717) is 16.2 Å². The number of amides is 2. The molecule has 0 aliphatic heterocycles. The summed E-state index contributed by atoms with van der Waals surface area (Å²) in [7, 11) is 0. The molecule has 0 unspecified atom stereocenters. The fourth-order valence-corrected chi connectivity index (χ4v) is 3.14.